The predicted octanol–water partition coefficient (Wildman–Crippen LogP) is 11.3. The smallest absolute Gasteiger partial charge is 0.305 e. The van der Waals surface area contributed by atoms with Crippen molar-refractivity contribution in [2.24, 2.45) is 0 Å². The molecule has 266 valence electrons. The van der Waals surface area contributed by atoms with E-state index >= 15 is 0 Å². The molecular weight excluding hydrogens is 562 g/mol. The second-order valence-electron chi connectivity index (χ2n) is 13.1. The summed E-state index contributed by atoms with van der Waals surface area (Å²) in [5.41, 5.74) is 0. The Balaban J connectivity index is 3.93. The van der Waals surface area contributed by atoms with Gasteiger partial charge >= 0.3 is 5.97 Å². The number of rotatable bonds is 35. The van der Waals surface area contributed by atoms with Crippen LogP contribution >= 0.6 is 0 Å². The monoisotopic (exact) mass is 638 g/mol. The van der Waals surface area contributed by atoms with E-state index in [1.54, 1.807) is 0 Å². The van der Waals surface area contributed by atoms with E-state index in [1.165, 1.54) is 140 Å². The Morgan fingerprint density at radius 3 is 1.22 bits per heavy atom. The van der Waals surface area contributed by atoms with Crippen molar-refractivity contribution in [3.8, 4) is 0 Å². The van der Waals surface area contributed by atoms with Gasteiger partial charge in [0.1, 0.15) is 6.61 Å². The lowest BCUT2D eigenvalue weighted by atomic mass is 10.0. The third kappa shape index (κ3) is 31.0. The number of esters is 1. The summed E-state index contributed by atoms with van der Waals surface area (Å²) < 4.78 is 10.7. The summed E-state index contributed by atoms with van der Waals surface area (Å²) >= 11 is 0. The number of carbonyl (C=O) groups excluding carboxylic acids is 3. The predicted molar refractivity (Wildman–Crippen MR) is 189 cm³/mol. The summed E-state index contributed by atoms with van der Waals surface area (Å²) in [5, 5.41) is 0. The quantitative estimate of drug-likeness (QED) is 0.0510. The molecule has 0 rings (SSSR count). The zero-order chi connectivity index (χ0) is 33.1. The van der Waals surface area contributed by atoms with Crippen molar-refractivity contribution in [2.45, 2.75) is 207 Å². The van der Waals surface area contributed by atoms with Crippen LogP contribution in [-0.2, 0) is 23.9 Å². The van der Waals surface area contributed by atoms with Gasteiger partial charge in [0.15, 0.2) is 0 Å². The number of nitrogens with zero attached hydrogens (tertiary/aromatic N) is 1. The van der Waals surface area contributed by atoms with Crippen LogP contribution in [0.15, 0.2) is 0 Å². The van der Waals surface area contributed by atoms with Gasteiger partial charge in [-0.1, -0.05) is 168 Å². The number of unbranched alkanes of at least 4 members (excludes halogenated alkanes) is 24. The van der Waals surface area contributed by atoms with Gasteiger partial charge in [-0.25, -0.2) is 0 Å². The first-order valence-electron chi connectivity index (χ1n) is 19.6. The first-order chi connectivity index (χ1) is 22.1. The van der Waals surface area contributed by atoms with Gasteiger partial charge in [0.2, 0.25) is 5.91 Å². The maximum Gasteiger partial charge on any atom is 0.305 e. The van der Waals surface area contributed by atoms with Gasteiger partial charge in [-0.15, -0.1) is 0 Å². The topological polar surface area (TPSA) is 72.9 Å². The lowest BCUT2D eigenvalue weighted by Crippen LogP contribution is -2.40. The van der Waals surface area contributed by atoms with Gasteiger partial charge in [-0.05, 0) is 26.2 Å². The number of hydrogen-bond donors (Lipinski definition) is 0. The third-order valence-electron chi connectivity index (χ3n) is 8.80. The molecule has 0 atom stereocenters. The summed E-state index contributed by atoms with van der Waals surface area (Å²) in [6.07, 6.45) is 34.3. The van der Waals surface area contributed by atoms with E-state index in [4.69, 9.17) is 9.47 Å². The van der Waals surface area contributed by atoms with Crippen molar-refractivity contribution in [1.82, 2.24) is 4.90 Å². The molecule has 0 aliphatic carbocycles. The molecule has 0 aromatic rings. The van der Waals surface area contributed by atoms with Crippen LogP contribution in [0.2, 0.25) is 0 Å². The highest BCUT2D eigenvalue weighted by atomic mass is 16.5. The van der Waals surface area contributed by atoms with Gasteiger partial charge in [-0.3, -0.25) is 19.3 Å². The number of amides is 2. The molecule has 0 saturated heterocycles. The van der Waals surface area contributed by atoms with E-state index in [-0.39, 0.29) is 37.5 Å². The first kappa shape index (κ1) is 43.6. The standard InChI is InChI=1S/C39H75NO5/c1-4-7-9-11-13-15-17-18-19-20-22-23-25-27-29-32-37(41)40(38(42)36-44-6-3)34-31-35-45-39(43)33-30-28-26-24-21-16-14-12-10-8-5-2/h4-36H2,1-3H3. The number of hydrogen-bond acceptors (Lipinski definition) is 5. The molecule has 6 heteroatoms. The second-order valence-corrected chi connectivity index (χ2v) is 13.1. The zero-order valence-electron chi connectivity index (χ0n) is 30.3. The highest BCUT2D eigenvalue weighted by Crippen LogP contribution is 2.15. The number of ether oxygens (including phenoxy) is 2. The molecule has 0 aliphatic heterocycles. The van der Waals surface area contributed by atoms with E-state index in [2.05, 4.69) is 13.8 Å². The molecule has 0 unspecified atom stereocenters. The SMILES string of the molecule is CCCCCCCCCCCCCCCCCC(=O)N(CCCOC(=O)CCCCCCCCCCCCC)C(=O)COCC. The largest absolute Gasteiger partial charge is 0.466 e. The van der Waals surface area contributed by atoms with E-state index in [0.717, 1.165) is 32.1 Å². The van der Waals surface area contributed by atoms with Crippen LogP contribution in [0.1, 0.15) is 207 Å². The van der Waals surface area contributed by atoms with Crippen LogP contribution in [0.3, 0.4) is 0 Å². The Morgan fingerprint density at radius 1 is 0.444 bits per heavy atom. The highest BCUT2D eigenvalue weighted by Gasteiger charge is 2.21. The fourth-order valence-corrected chi connectivity index (χ4v) is 5.85. The molecule has 0 aromatic carbocycles. The Kier molecular flexibility index (Phi) is 34.3. The molecule has 0 radical (unpaired) electrons. The van der Waals surface area contributed by atoms with Crippen molar-refractivity contribution in [2.75, 3.05) is 26.4 Å². The van der Waals surface area contributed by atoms with Gasteiger partial charge in [0.05, 0.1) is 6.61 Å². The van der Waals surface area contributed by atoms with Crippen LogP contribution in [0.25, 0.3) is 0 Å². The summed E-state index contributed by atoms with van der Waals surface area (Å²) in [6.45, 7) is 7.22. The first-order valence-corrected chi connectivity index (χ1v) is 19.6. The molecule has 0 aromatic heterocycles. The van der Waals surface area contributed by atoms with E-state index < -0.39 is 0 Å². The fourth-order valence-electron chi connectivity index (χ4n) is 5.85. The molecular formula is C39H75NO5. The molecule has 45 heavy (non-hydrogen) atoms. The van der Waals surface area contributed by atoms with Crippen LogP contribution in [0.5, 0.6) is 0 Å². The van der Waals surface area contributed by atoms with Crippen molar-refractivity contribution < 1.29 is 23.9 Å². The van der Waals surface area contributed by atoms with E-state index in [1.807, 2.05) is 6.92 Å². The molecule has 0 heterocycles. The highest BCUT2D eigenvalue weighted by molar-refractivity contribution is 5.95. The van der Waals surface area contributed by atoms with Crippen molar-refractivity contribution >= 4 is 17.8 Å². The Labute approximate surface area is 279 Å². The average molecular weight is 638 g/mol. The molecule has 0 bridgehead atoms. The lowest BCUT2D eigenvalue weighted by Gasteiger charge is -2.21. The van der Waals surface area contributed by atoms with E-state index in [9.17, 15) is 14.4 Å². The molecule has 2 amide bonds. The zero-order valence-corrected chi connectivity index (χ0v) is 30.3. The minimum absolute atomic E-state index is 0.0836. The van der Waals surface area contributed by atoms with E-state index in [0.29, 0.717) is 25.9 Å². The second kappa shape index (κ2) is 35.4. The summed E-state index contributed by atoms with van der Waals surface area (Å²) in [5.74, 6) is -0.612. The van der Waals surface area contributed by atoms with Crippen molar-refractivity contribution in [1.29, 1.82) is 0 Å². The summed E-state index contributed by atoms with van der Waals surface area (Å²) in [6, 6.07) is 0. The number of imide groups is 1. The molecule has 6 nitrogen and oxygen atoms in total. The Morgan fingerprint density at radius 2 is 0.822 bits per heavy atom. The average Bonchev–Trinajstić information content (AvgIpc) is 3.04. The Hall–Kier alpha value is -1.43. The maximum absolute atomic E-state index is 12.9. The number of carbonyl (C=O) groups is 3. The van der Waals surface area contributed by atoms with Crippen molar-refractivity contribution in [3.05, 3.63) is 0 Å². The van der Waals surface area contributed by atoms with Gasteiger partial charge in [-0.2, -0.15) is 0 Å². The summed E-state index contributed by atoms with van der Waals surface area (Å²) in [4.78, 5) is 39.0. The van der Waals surface area contributed by atoms with Gasteiger partial charge < -0.3 is 9.47 Å². The minimum Gasteiger partial charge on any atom is -0.466 e. The summed E-state index contributed by atoms with van der Waals surface area (Å²) in [7, 11) is 0. The van der Waals surface area contributed by atoms with Crippen LogP contribution in [0.4, 0.5) is 0 Å². The molecule has 0 fully saturated rings. The molecule has 0 N–H and O–H groups in total. The van der Waals surface area contributed by atoms with Crippen molar-refractivity contribution in [3.63, 3.8) is 0 Å². The maximum atomic E-state index is 12.9. The fraction of sp³-hybridized carbons (Fsp3) is 0.923. The molecule has 0 spiro atoms. The van der Waals surface area contributed by atoms with Crippen LogP contribution < -0.4 is 0 Å². The van der Waals surface area contributed by atoms with Crippen LogP contribution in [-0.4, -0.2) is 49.0 Å². The van der Waals surface area contributed by atoms with Gasteiger partial charge in [0.25, 0.3) is 5.91 Å². The van der Waals surface area contributed by atoms with Crippen LogP contribution in [0, 0.1) is 0 Å². The lowest BCUT2D eigenvalue weighted by molar-refractivity contribution is -0.148. The minimum atomic E-state index is -0.296. The van der Waals surface area contributed by atoms with Gasteiger partial charge in [0, 0.05) is 26.0 Å². The molecule has 0 saturated carbocycles. The molecule has 0 aliphatic rings. The normalized spacial score (nSPS) is 11.2. The third-order valence-corrected chi connectivity index (χ3v) is 8.80. The Bertz CT molecular complexity index is 668.